The number of carbonyl (C=O) groups excluding carboxylic acids is 1. The molecule has 0 saturated heterocycles. The summed E-state index contributed by atoms with van der Waals surface area (Å²) in [5.41, 5.74) is 1.70. The monoisotopic (exact) mass is 395 g/mol. The van der Waals surface area contributed by atoms with E-state index in [9.17, 15) is 13.2 Å². The molecular formula is C21H17NO5S. The molecule has 0 bridgehead atoms. The molecule has 0 radical (unpaired) electrons. The van der Waals surface area contributed by atoms with E-state index < -0.39 is 15.7 Å². The smallest absolute Gasteiger partial charge is 0.256 e. The first-order valence-electron chi connectivity index (χ1n) is 8.48. The summed E-state index contributed by atoms with van der Waals surface area (Å²) in [6.07, 6.45) is 0. The Hall–Kier alpha value is -3.32. The van der Waals surface area contributed by atoms with Crippen molar-refractivity contribution in [2.24, 2.45) is 0 Å². The molecule has 0 saturated carbocycles. The van der Waals surface area contributed by atoms with Crippen LogP contribution >= 0.6 is 0 Å². The molecule has 0 aromatic heterocycles. The van der Waals surface area contributed by atoms with Crippen LogP contribution in [0.25, 0.3) is 11.1 Å². The van der Waals surface area contributed by atoms with Crippen LogP contribution in [0, 0.1) is 0 Å². The molecule has 0 unspecified atom stereocenters. The van der Waals surface area contributed by atoms with E-state index in [-0.39, 0.29) is 21.1 Å². The molecule has 1 aliphatic heterocycles. The van der Waals surface area contributed by atoms with Crippen LogP contribution in [0.3, 0.4) is 0 Å². The second-order valence-electron chi connectivity index (χ2n) is 6.20. The standard InChI is InChI=1S/C21H17NO5S/c1-26-14-9-7-13(8-10-14)22-21(23)16-11-12-17(27-2)20-19(16)15-5-3-4-6-18(15)28(20,24)25/h3-12H,1-2H3,(H,22,23). The van der Waals surface area contributed by atoms with Crippen molar-refractivity contribution in [1.82, 2.24) is 0 Å². The van der Waals surface area contributed by atoms with Gasteiger partial charge >= 0.3 is 0 Å². The summed E-state index contributed by atoms with van der Waals surface area (Å²) in [7, 11) is -0.797. The zero-order chi connectivity index (χ0) is 19.9. The molecule has 3 aromatic rings. The summed E-state index contributed by atoms with van der Waals surface area (Å²) in [4.78, 5) is 13.2. The topological polar surface area (TPSA) is 81.7 Å². The van der Waals surface area contributed by atoms with Crippen LogP contribution in [0.4, 0.5) is 5.69 Å². The van der Waals surface area contributed by atoms with E-state index in [1.165, 1.54) is 19.2 Å². The van der Waals surface area contributed by atoms with Crippen molar-refractivity contribution in [1.29, 1.82) is 0 Å². The molecule has 1 aliphatic rings. The molecule has 28 heavy (non-hydrogen) atoms. The first kappa shape index (κ1) is 18.1. The van der Waals surface area contributed by atoms with E-state index in [4.69, 9.17) is 9.47 Å². The Morgan fingerprint density at radius 1 is 0.893 bits per heavy atom. The molecule has 1 amide bonds. The van der Waals surface area contributed by atoms with Gasteiger partial charge in [0.25, 0.3) is 5.91 Å². The highest BCUT2D eigenvalue weighted by Gasteiger charge is 2.38. The highest BCUT2D eigenvalue weighted by atomic mass is 32.2. The lowest BCUT2D eigenvalue weighted by Gasteiger charge is -2.12. The van der Waals surface area contributed by atoms with Crippen molar-refractivity contribution in [3.63, 3.8) is 0 Å². The van der Waals surface area contributed by atoms with Crippen LogP contribution in [-0.4, -0.2) is 28.5 Å². The molecule has 3 aromatic carbocycles. The summed E-state index contributed by atoms with van der Waals surface area (Å²) in [6.45, 7) is 0. The highest BCUT2D eigenvalue weighted by Crippen LogP contribution is 2.49. The molecule has 0 aliphatic carbocycles. The fourth-order valence-electron chi connectivity index (χ4n) is 3.34. The summed E-state index contributed by atoms with van der Waals surface area (Å²) in [6, 6.07) is 16.6. The third-order valence-corrected chi connectivity index (χ3v) is 6.53. The molecular weight excluding hydrogens is 378 g/mol. The normalized spacial score (nSPS) is 13.4. The maximum absolute atomic E-state index is 13.0. The number of anilines is 1. The van der Waals surface area contributed by atoms with E-state index in [0.29, 0.717) is 22.6 Å². The number of carbonyl (C=O) groups is 1. The minimum absolute atomic E-state index is 0.0265. The largest absolute Gasteiger partial charge is 0.497 e. The maximum atomic E-state index is 13.0. The SMILES string of the molecule is COc1ccc(NC(=O)c2ccc(OC)c3c2-c2ccccc2S3(=O)=O)cc1. The minimum atomic E-state index is -3.77. The van der Waals surface area contributed by atoms with Gasteiger partial charge < -0.3 is 14.8 Å². The number of hydrogen-bond donors (Lipinski definition) is 1. The predicted octanol–water partition coefficient (Wildman–Crippen LogP) is 3.77. The summed E-state index contributed by atoms with van der Waals surface area (Å²) < 4.78 is 36.5. The molecule has 4 rings (SSSR count). The number of fused-ring (bicyclic) bond motifs is 3. The second-order valence-corrected chi connectivity index (χ2v) is 8.06. The van der Waals surface area contributed by atoms with Gasteiger partial charge in [-0.1, -0.05) is 18.2 Å². The first-order chi connectivity index (χ1) is 13.5. The van der Waals surface area contributed by atoms with Crippen LogP contribution < -0.4 is 14.8 Å². The zero-order valence-corrected chi connectivity index (χ0v) is 16.0. The molecule has 0 spiro atoms. The van der Waals surface area contributed by atoms with Crippen LogP contribution in [0.5, 0.6) is 11.5 Å². The van der Waals surface area contributed by atoms with Gasteiger partial charge in [0.15, 0.2) is 0 Å². The van der Waals surface area contributed by atoms with E-state index in [1.807, 2.05) is 0 Å². The number of sulfone groups is 1. The van der Waals surface area contributed by atoms with E-state index in [1.54, 1.807) is 55.6 Å². The average Bonchev–Trinajstić information content (AvgIpc) is 2.96. The lowest BCUT2D eigenvalue weighted by atomic mass is 9.98. The highest BCUT2D eigenvalue weighted by molar-refractivity contribution is 7.92. The summed E-state index contributed by atoms with van der Waals surface area (Å²) in [5, 5.41) is 2.80. The molecule has 6 nitrogen and oxygen atoms in total. The third-order valence-electron chi connectivity index (χ3n) is 4.65. The number of methoxy groups -OCH3 is 2. The van der Waals surface area contributed by atoms with Gasteiger partial charge in [-0.25, -0.2) is 8.42 Å². The van der Waals surface area contributed by atoms with E-state index in [0.717, 1.165) is 0 Å². The van der Waals surface area contributed by atoms with Crippen molar-refractivity contribution >= 4 is 21.4 Å². The Balaban J connectivity index is 1.84. The predicted molar refractivity (Wildman–Crippen MR) is 105 cm³/mol. The molecule has 0 fully saturated rings. The second kappa shape index (κ2) is 6.69. The Morgan fingerprint density at radius 3 is 2.29 bits per heavy atom. The van der Waals surface area contributed by atoms with Crippen LogP contribution in [0.2, 0.25) is 0 Å². The van der Waals surface area contributed by atoms with Crippen molar-refractivity contribution in [2.75, 3.05) is 19.5 Å². The maximum Gasteiger partial charge on any atom is 0.256 e. The fraction of sp³-hybridized carbons (Fsp3) is 0.0952. The van der Waals surface area contributed by atoms with Gasteiger partial charge in [0, 0.05) is 22.4 Å². The number of hydrogen-bond acceptors (Lipinski definition) is 5. The van der Waals surface area contributed by atoms with E-state index in [2.05, 4.69) is 5.32 Å². The van der Waals surface area contributed by atoms with Gasteiger partial charge in [0.2, 0.25) is 9.84 Å². The number of amides is 1. The van der Waals surface area contributed by atoms with E-state index >= 15 is 0 Å². The van der Waals surface area contributed by atoms with Crippen LogP contribution in [-0.2, 0) is 9.84 Å². The number of rotatable bonds is 4. The number of nitrogens with one attached hydrogen (secondary N) is 1. The molecule has 0 atom stereocenters. The van der Waals surface area contributed by atoms with Crippen molar-refractivity contribution in [3.8, 4) is 22.6 Å². The van der Waals surface area contributed by atoms with Gasteiger partial charge in [-0.3, -0.25) is 4.79 Å². The Morgan fingerprint density at radius 2 is 1.61 bits per heavy atom. The Labute approximate surface area is 162 Å². The first-order valence-corrected chi connectivity index (χ1v) is 9.96. The molecule has 1 heterocycles. The Bertz CT molecular complexity index is 1180. The fourth-order valence-corrected chi connectivity index (χ4v) is 5.18. The minimum Gasteiger partial charge on any atom is -0.497 e. The van der Waals surface area contributed by atoms with Crippen molar-refractivity contribution < 1.29 is 22.7 Å². The zero-order valence-electron chi connectivity index (χ0n) is 15.2. The Kier molecular flexibility index (Phi) is 4.31. The van der Waals surface area contributed by atoms with Gasteiger partial charge in [0.05, 0.1) is 19.1 Å². The lowest BCUT2D eigenvalue weighted by molar-refractivity contribution is 0.102. The average molecular weight is 395 g/mol. The van der Waals surface area contributed by atoms with Crippen LogP contribution in [0.15, 0.2) is 70.5 Å². The van der Waals surface area contributed by atoms with Crippen molar-refractivity contribution in [2.45, 2.75) is 9.79 Å². The quantitative estimate of drug-likeness (QED) is 0.569. The van der Waals surface area contributed by atoms with Gasteiger partial charge in [-0.15, -0.1) is 0 Å². The number of benzene rings is 3. The summed E-state index contributed by atoms with van der Waals surface area (Å²) >= 11 is 0. The molecule has 7 heteroatoms. The molecule has 142 valence electrons. The third kappa shape index (κ3) is 2.71. The van der Waals surface area contributed by atoms with Gasteiger partial charge in [-0.2, -0.15) is 0 Å². The van der Waals surface area contributed by atoms with Gasteiger partial charge in [0.1, 0.15) is 16.4 Å². The van der Waals surface area contributed by atoms with Crippen molar-refractivity contribution in [3.05, 3.63) is 66.2 Å². The lowest BCUT2D eigenvalue weighted by Crippen LogP contribution is -2.14. The molecule has 1 N–H and O–H groups in total. The van der Waals surface area contributed by atoms with Crippen LogP contribution in [0.1, 0.15) is 10.4 Å². The van der Waals surface area contributed by atoms with Gasteiger partial charge in [-0.05, 0) is 42.5 Å². The summed E-state index contributed by atoms with van der Waals surface area (Å²) in [5.74, 6) is 0.478. The number of ether oxygens (including phenoxy) is 2.